The lowest BCUT2D eigenvalue weighted by molar-refractivity contribution is 0.0780. The Morgan fingerprint density at radius 3 is 2.89 bits per heavy atom. The molecule has 5 heteroatoms. The molecule has 1 aliphatic rings. The molecule has 1 fully saturated rings. The van der Waals surface area contributed by atoms with Gasteiger partial charge in [0.05, 0.1) is 17.6 Å². The highest BCUT2D eigenvalue weighted by Crippen LogP contribution is 2.24. The third-order valence-corrected chi connectivity index (χ3v) is 5.51. The molecule has 0 saturated carbocycles. The molecular formula is C22H26N4O. The fraction of sp³-hybridized carbons (Fsp3) is 0.364. The molecule has 1 aliphatic heterocycles. The van der Waals surface area contributed by atoms with Crippen molar-refractivity contribution in [1.29, 1.82) is 0 Å². The number of benzene rings is 2. The van der Waals surface area contributed by atoms with Gasteiger partial charge in [-0.3, -0.25) is 4.79 Å². The smallest absolute Gasteiger partial charge is 0.254 e. The molecule has 1 amide bonds. The van der Waals surface area contributed by atoms with Crippen LogP contribution in [-0.2, 0) is 13.6 Å². The molecule has 5 nitrogen and oxygen atoms in total. The van der Waals surface area contributed by atoms with E-state index in [1.807, 2.05) is 44.4 Å². The number of hydrogen-bond donors (Lipinski definition) is 1. The van der Waals surface area contributed by atoms with E-state index in [4.69, 9.17) is 0 Å². The van der Waals surface area contributed by atoms with E-state index in [0.717, 1.165) is 35.5 Å². The van der Waals surface area contributed by atoms with E-state index in [-0.39, 0.29) is 5.91 Å². The summed E-state index contributed by atoms with van der Waals surface area (Å²) < 4.78 is 2.06. The third-order valence-electron chi connectivity index (χ3n) is 5.51. The molecule has 2 heterocycles. The van der Waals surface area contributed by atoms with Gasteiger partial charge in [0, 0.05) is 26.2 Å². The third kappa shape index (κ3) is 3.60. The van der Waals surface area contributed by atoms with E-state index in [1.54, 1.807) is 4.90 Å². The molecule has 0 bridgehead atoms. The maximum atomic E-state index is 13.0. The first-order valence-electron chi connectivity index (χ1n) is 9.60. The summed E-state index contributed by atoms with van der Waals surface area (Å²) in [5.74, 6) is 1.42. The van der Waals surface area contributed by atoms with Gasteiger partial charge in [-0.15, -0.1) is 0 Å². The maximum Gasteiger partial charge on any atom is 0.254 e. The van der Waals surface area contributed by atoms with E-state index in [2.05, 4.69) is 33.1 Å². The number of aromatic nitrogens is 2. The average Bonchev–Trinajstić information content (AvgIpc) is 3.04. The SMILES string of the molecule is CN(Cc1nc2ccccc2n1C)C(=O)c1cccc([C@@H]2CCCNC2)c1. The maximum absolute atomic E-state index is 13.0. The largest absolute Gasteiger partial charge is 0.334 e. The van der Waals surface area contributed by atoms with Crippen molar-refractivity contribution in [3.63, 3.8) is 0 Å². The molecule has 1 saturated heterocycles. The molecule has 2 aromatic carbocycles. The van der Waals surface area contributed by atoms with Crippen molar-refractivity contribution < 1.29 is 4.79 Å². The average molecular weight is 362 g/mol. The minimum Gasteiger partial charge on any atom is -0.334 e. The second-order valence-electron chi connectivity index (χ2n) is 7.41. The topological polar surface area (TPSA) is 50.2 Å². The summed E-state index contributed by atoms with van der Waals surface area (Å²) in [5.41, 5.74) is 4.05. The van der Waals surface area contributed by atoms with E-state index in [9.17, 15) is 4.79 Å². The zero-order valence-corrected chi connectivity index (χ0v) is 16.0. The van der Waals surface area contributed by atoms with Crippen molar-refractivity contribution in [1.82, 2.24) is 19.8 Å². The highest BCUT2D eigenvalue weighted by atomic mass is 16.2. The fourth-order valence-electron chi connectivity index (χ4n) is 3.90. The van der Waals surface area contributed by atoms with Crippen LogP contribution in [0, 0.1) is 0 Å². The summed E-state index contributed by atoms with van der Waals surface area (Å²) >= 11 is 0. The predicted octanol–water partition coefficient (Wildman–Crippen LogP) is 3.31. The minimum atomic E-state index is 0.0349. The van der Waals surface area contributed by atoms with Crippen LogP contribution >= 0.6 is 0 Å². The molecule has 4 rings (SSSR count). The van der Waals surface area contributed by atoms with Gasteiger partial charge in [0.2, 0.25) is 0 Å². The number of para-hydroxylation sites is 2. The van der Waals surface area contributed by atoms with E-state index in [1.165, 1.54) is 18.4 Å². The van der Waals surface area contributed by atoms with Crippen molar-refractivity contribution in [3.05, 3.63) is 65.5 Å². The highest BCUT2D eigenvalue weighted by molar-refractivity contribution is 5.94. The first-order chi connectivity index (χ1) is 13.1. The normalized spacial score (nSPS) is 17.2. The lowest BCUT2D eigenvalue weighted by Crippen LogP contribution is -2.29. The van der Waals surface area contributed by atoms with Gasteiger partial charge >= 0.3 is 0 Å². The van der Waals surface area contributed by atoms with Gasteiger partial charge in [-0.25, -0.2) is 4.98 Å². The number of nitrogens with one attached hydrogen (secondary N) is 1. The molecule has 0 unspecified atom stereocenters. The molecule has 0 aliphatic carbocycles. The molecule has 1 aromatic heterocycles. The summed E-state index contributed by atoms with van der Waals surface area (Å²) in [6.07, 6.45) is 2.37. The highest BCUT2D eigenvalue weighted by Gasteiger charge is 2.19. The molecule has 1 N–H and O–H groups in total. The quantitative estimate of drug-likeness (QED) is 0.775. The van der Waals surface area contributed by atoms with Crippen LogP contribution in [0.15, 0.2) is 48.5 Å². The Labute approximate surface area is 160 Å². The number of amides is 1. The molecule has 0 spiro atoms. The van der Waals surface area contributed by atoms with Gasteiger partial charge < -0.3 is 14.8 Å². The van der Waals surface area contributed by atoms with Crippen molar-refractivity contribution in [2.75, 3.05) is 20.1 Å². The fourth-order valence-corrected chi connectivity index (χ4v) is 3.90. The lowest BCUT2D eigenvalue weighted by Gasteiger charge is -2.24. The van der Waals surface area contributed by atoms with Crippen molar-refractivity contribution >= 4 is 16.9 Å². The summed E-state index contributed by atoms with van der Waals surface area (Å²) in [6, 6.07) is 16.2. The standard InChI is InChI=1S/C22H26N4O/c1-25(15-21-24-19-10-3-4-11-20(19)26(21)2)22(27)17-8-5-7-16(13-17)18-9-6-12-23-14-18/h3-5,7-8,10-11,13,18,23H,6,9,12,14-15H2,1-2H3/t18-/m1/s1. The van der Waals surface area contributed by atoms with Crippen LogP contribution < -0.4 is 5.32 Å². The van der Waals surface area contributed by atoms with E-state index < -0.39 is 0 Å². The second kappa shape index (κ2) is 7.53. The second-order valence-corrected chi connectivity index (χ2v) is 7.41. The molecule has 0 radical (unpaired) electrons. The Morgan fingerprint density at radius 1 is 1.26 bits per heavy atom. The van der Waals surface area contributed by atoms with Gasteiger partial charge in [-0.2, -0.15) is 0 Å². The lowest BCUT2D eigenvalue weighted by atomic mass is 9.90. The Kier molecular flexibility index (Phi) is 4.94. The van der Waals surface area contributed by atoms with Crippen LogP contribution in [0.25, 0.3) is 11.0 Å². The van der Waals surface area contributed by atoms with Crippen LogP contribution in [0.2, 0.25) is 0 Å². The number of carbonyl (C=O) groups excluding carboxylic acids is 1. The summed E-state index contributed by atoms with van der Waals surface area (Å²) in [6.45, 7) is 2.57. The Hall–Kier alpha value is -2.66. The molecule has 1 atom stereocenters. The van der Waals surface area contributed by atoms with Gasteiger partial charge in [-0.05, 0) is 55.1 Å². The molecule has 27 heavy (non-hydrogen) atoms. The van der Waals surface area contributed by atoms with Crippen LogP contribution in [0.4, 0.5) is 0 Å². The minimum absolute atomic E-state index is 0.0349. The molecule has 140 valence electrons. The zero-order chi connectivity index (χ0) is 18.8. The van der Waals surface area contributed by atoms with Gasteiger partial charge in [0.25, 0.3) is 5.91 Å². The zero-order valence-electron chi connectivity index (χ0n) is 16.0. The molecule has 3 aromatic rings. The molecular weight excluding hydrogens is 336 g/mol. The number of piperidine rings is 1. The predicted molar refractivity (Wildman–Crippen MR) is 108 cm³/mol. The number of carbonyl (C=O) groups is 1. The Bertz CT molecular complexity index is 956. The van der Waals surface area contributed by atoms with Crippen LogP contribution in [-0.4, -0.2) is 40.5 Å². The van der Waals surface area contributed by atoms with E-state index >= 15 is 0 Å². The van der Waals surface area contributed by atoms with Gasteiger partial charge in [0.15, 0.2) is 0 Å². The number of nitrogens with zero attached hydrogens (tertiary/aromatic N) is 3. The summed E-state index contributed by atoms with van der Waals surface area (Å²) in [7, 11) is 3.84. The number of rotatable bonds is 4. The monoisotopic (exact) mass is 362 g/mol. The first kappa shape index (κ1) is 17.7. The van der Waals surface area contributed by atoms with Crippen molar-refractivity contribution in [3.8, 4) is 0 Å². The number of aryl methyl sites for hydroxylation is 1. The van der Waals surface area contributed by atoms with Gasteiger partial charge in [-0.1, -0.05) is 24.3 Å². The summed E-state index contributed by atoms with van der Waals surface area (Å²) in [4.78, 5) is 19.4. The van der Waals surface area contributed by atoms with Crippen molar-refractivity contribution in [2.24, 2.45) is 7.05 Å². The van der Waals surface area contributed by atoms with Crippen LogP contribution in [0.1, 0.15) is 40.5 Å². The van der Waals surface area contributed by atoms with Crippen LogP contribution in [0.5, 0.6) is 0 Å². The number of fused-ring (bicyclic) bond motifs is 1. The number of imidazole rings is 1. The Morgan fingerprint density at radius 2 is 2.11 bits per heavy atom. The van der Waals surface area contributed by atoms with Gasteiger partial charge in [0.1, 0.15) is 5.82 Å². The Balaban J connectivity index is 1.52. The number of hydrogen-bond acceptors (Lipinski definition) is 3. The first-order valence-corrected chi connectivity index (χ1v) is 9.60. The van der Waals surface area contributed by atoms with Crippen molar-refractivity contribution in [2.45, 2.75) is 25.3 Å². The summed E-state index contributed by atoms with van der Waals surface area (Å²) in [5, 5.41) is 3.45. The van der Waals surface area contributed by atoms with Crippen LogP contribution in [0.3, 0.4) is 0 Å². The van der Waals surface area contributed by atoms with E-state index in [0.29, 0.717) is 12.5 Å².